The Balaban J connectivity index is 2.62. The first-order valence-corrected chi connectivity index (χ1v) is 5.68. The number of carbonyl (C=O) groups excluding carboxylic acids is 1. The second-order valence-electron chi connectivity index (χ2n) is 4.02. The molecule has 0 radical (unpaired) electrons. The third-order valence-corrected chi connectivity index (χ3v) is 2.33. The normalized spacial score (nSPS) is 12.1. The molecule has 1 heterocycles. The summed E-state index contributed by atoms with van der Waals surface area (Å²) in [6.45, 7) is 3.76. The first-order chi connectivity index (χ1) is 8.02. The third kappa shape index (κ3) is 4.30. The van der Waals surface area contributed by atoms with E-state index in [1.165, 1.54) is 22.9 Å². The quantitative estimate of drug-likeness (QED) is 0.781. The highest BCUT2D eigenvalue weighted by molar-refractivity contribution is 5.69. The molecular formula is C12H18N2O3. The Morgan fingerprint density at radius 3 is 2.88 bits per heavy atom. The van der Waals surface area contributed by atoms with Gasteiger partial charge in [-0.05, 0) is 19.4 Å². The average Bonchev–Trinajstić information content (AvgIpc) is 2.23. The van der Waals surface area contributed by atoms with Crippen molar-refractivity contribution in [2.24, 2.45) is 0 Å². The fourth-order valence-electron chi connectivity index (χ4n) is 1.54. The van der Waals surface area contributed by atoms with E-state index >= 15 is 0 Å². The van der Waals surface area contributed by atoms with Crippen LogP contribution in [0.2, 0.25) is 0 Å². The molecule has 1 aromatic heterocycles. The van der Waals surface area contributed by atoms with Gasteiger partial charge in [0.25, 0.3) is 5.56 Å². The molecular weight excluding hydrogens is 220 g/mol. The van der Waals surface area contributed by atoms with Crippen LogP contribution in [0, 0.1) is 0 Å². The van der Waals surface area contributed by atoms with Crippen LogP contribution in [-0.4, -0.2) is 16.6 Å². The molecule has 1 aromatic rings. The second kappa shape index (κ2) is 6.08. The molecule has 0 amide bonds. The summed E-state index contributed by atoms with van der Waals surface area (Å²) in [5.74, 6) is -0.418. The molecule has 94 valence electrons. The Morgan fingerprint density at radius 2 is 2.24 bits per heavy atom. The van der Waals surface area contributed by atoms with Crippen molar-refractivity contribution in [1.82, 2.24) is 4.57 Å². The van der Waals surface area contributed by atoms with Crippen LogP contribution in [-0.2, 0) is 16.1 Å². The van der Waals surface area contributed by atoms with Crippen molar-refractivity contribution < 1.29 is 9.53 Å². The molecule has 0 aromatic carbocycles. The molecule has 1 rings (SSSR count). The predicted octanol–water partition coefficient (Wildman–Crippen LogP) is 1.16. The Morgan fingerprint density at radius 1 is 1.53 bits per heavy atom. The summed E-state index contributed by atoms with van der Waals surface area (Å²) in [5, 5.41) is 0. The van der Waals surface area contributed by atoms with Crippen LogP contribution in [0.5, 0.6) is 0 Å². The van der Waals surface area contributed by atoms with Crippen LogP contribution in [0.1, 0.15) is 26.7 Å². The predicted molar refractivity (Wildman–Crippen MR) is 65.6 cm³/mol. The molecule has 0 bridgehead atoms. The first-order valence-electron chi connectivity index (χ1n) is 5.68. The monoisotopic (exact) mass is 238 g/mol. The van der Waals surface area contributed by atoms with E-state index in [0.29, 0.717) is 5.69 Å². The van der Waals surface area contributed by atoms with Crippen molar-refractivity contribution in [3.63, 3.8) is 0 Å². The zero-order chi connectivity index (χ0) is 12.8. The van der Waals surface area contributed by atoms with Gasteiger partial charge in [-0.1, -0.05) is 13.3 Å². The van der Waals surface area contributed by atoms with Crippen LogP contribution >= 0.6 is 0 Å². The number of nitrogens with zero attached hydrogens (tertiary/aromatic N) is 1. The third-order valence-electron chi connectivity index (χ3n) is 2.33. The highest BCUT2D eigenvalue weighted by Gasteiger charge is 2.10. The molecule has 5 nitrogen and oxygen atoms in total. The molecule has 0 aliphatic heterocycles. The Labute approximate surface area is 100 Å². The number of hydrogen-bond acceptors (Lipinski definition) is 4. The lowest BCUT2D eigenvalue weighted by molar-refractivity contribution is -0.149. The number of hydrogen-bond donors (Lipinski definition) is 1. The van der Waals surface area contributed by atoms with Gasteiger partial charge < -0.3 is 15.0 Å². The van der Waals surface area contributed by atoms with Gasteiger partial charge in [-0.15, -0.1) is 0 Å². The van der Waals surface area contributed by atoms with Gasteiger partial charge in [0.15, 0.2) is 0 Å². The number of nitrogen functional groups attached to an aromatic ring is 1. The van der Waals surface area contributed by atoms with Crippen molar-refractivity contribution in [3.05, 3.63) is 28.7 Å². The number of ether oxygens (including phenoxy) is 1. The van der Waals surface area contributed by atoms with Gasteiger partial charge in [0.2, 0.25) is 0 Å². The number of pyridine rings is 1. The average molecular weight is 238 g/mol. The summed E-state index contributed by atoms with van der Waals surface area (Å²) in [7, 11) is 0. The molecule has 0 spiro atoms. The summed E-state index contributed by atoms with van der Waals surface area (Å²) in [6, 6.07) is 2.84. The molecule has 1 atom stereocenters. The summed E-state index contributed by atoms with van der Waals surface area (Å²) in [6.07, 6.45) is 3.09. The molecule has 2 N–H and O–H groups in total. The van der Waals surface area contributed by atoms with Gasteiger partial charge in [0.05, 0.1) is 6.10 Å². The molecule has 5 heteroatoms. The standard InChI is InChI=1S/C12H18N2O3/c1-3-4-9(2)17-12(16)8-14-7-10(13)5-6-11(14)15/h5-7,9H,3-4,8,13H2,1-2H3. The maximum absolute atomic E-state index is 11.5. The highest BCUT2D eigenvalue weighted by Crippen LogP contribution is 2.02. The van der Waals surface area contributed by atoms with Crippen LogP contribution < -0.4 is 11.3 Å². The number of nitrogens with two attached hydrogens (primary N) is 1. The van der Waals surface area contributed by atoms with Crippen molar-refractivity contribution >= 4 is 11.7 Å². The SMILES string of the molecule is CCCC(C)OC(=O)Cn1cc(N)ccc1=O. The Kier molecular flexibility index (Phi) is 4.75. The van der Waals surface area contributed by atoms with Gasteiger partial charge in [-0.25, -0.2) is 0 Å². The van der Waals surface area contributed by atoms with E-state index in [2.05, 4.69) is 0 Å². The first kappa shape index (κ1) is 13.3. The van der Waals surface area contributed by atoms with Gasteiger partial charge in [0.1, 0.15) is 6.54 Å². The fourth-order valence-corrected chi connectivity index (χ4v) is 1.54. The minimum Gasteiger partial charge on any atom is -0.461 e. The van der Waals surface area contributed by atoms with E-state index in [4.69, 9.17) is 10.5 Å². The lowest BCUT2D eigenvalue weighted by Crippen LogP contribution is -2.26. The summed E-state index contributed by atoms with van der Waals surface area (Å²) in [5.41, 5.74) is 5.72. The molecule has 0 aliphatic rings. The summed E-state index contributed by atoms with van der Waals surface area (Å²) >= 11 is 0. The zero-order valence-electron chi connectivity index (χ0n) is 10.2. The maximum Gasteiger partial charge on any atom is 0.326 e. The molecule has 17 heavy (non-hydrogen) atoms. The second-order valence-corrected chi connectivity index (χ2v) is 4.02. The minimum atomic E-state index is -0.418. The smallest absolute Gasteiger partial charge is 0.326 e. The highest BCUT2D eigenvalue weighted by atomic mass is 16.5. The fraction of sp³-hybridized carbons (Fsp3) is 0.500. The van der Waals surface area contributed by atoms with Crippen molar-refractivity contribution in [2.45, 2.75) is 39.3 Å². The van der Waals surface area contributed by atoms with Crippen LogP contribution in [0.4, 0.5) is 5.69 Å². The molecule has 1 unspecified atom stereocenters. The van der Waals surface area contributed by atoms with Crippen LogP contribution in [0.15, 0.2) is 23.1 Å². The number of aromatic nitrogens is 1. The van der Waals surface area contributed by atoms with E-state index < -0.39 is 5.97 Å². The molecule has 0 saturated heterocycles. The van der Waals surface area contributed by atoms with E-state index in [-0.39, 0.29) is 18.2 Å². The Bertz CT molecular complexity index is 440. The van der Waals surface area contributed by atoms with Crippen molar-refractivity contribution in [3.8, 4) is 0 Å². The topological polar surface area (TPSA) is 74.3 Å². The number of esters is 1. The number of rotatable bonds is 5. The van der Waals surface area contributed by atoms with E-state index in [9.17, 15) is 9.59 Å². The number of anilines is 1. The lowest BCUT2D eigenvalue weighted by atomic mass is 10.2. The zero-order valence-corrected chi connectivity index (χ0v) is 10.2. The van der Waals surface area contributed by atoms with Crippen molar-refractivity contribution in [1.29, 1.82) is 0 Å². The van der Waals surface area contributed by atoms with Gasteiger partial charge >= 0.3 is 5.97 Å². The summed E-state index contributed by atoms with van der Waals surface area (Å²) in [4.78, 5) is 23.0. The number of carbonyl (C=O) groups is 1. The largest absolute Gasteiger partial charge is 0.461 e. The lowest BCUT2D eigenvalue weighted by Gasteiger charge is -2.12. The van der Waals surface area contributed by atoms with Crippen LogP contribution in [0.25, 0.3) is 0 Å². The van der Waals surface area contributed by atoms with E-state index in [1.54, 1.807) is 0 Å². The molecule has 0 aliphatic carbocycles. The molecule has 0 fully saturated rings. The van der Waals surface area contributed by atoms with Gasteiger partial charge in [0, 0.05) is 18.0 Å². The van der Waals surface area contributed by atoms with Gasteiger partial charge in [-0.2, -0.15) is 0 Å². The maximum atomic E-state index is 11.5. The van der Waals surface area contributed by atoms with Gasteiger partial charge in [-0.3, -0.25) is 9.59 Å². The molecule has 0 saturated carbocycles. The van der Waals surface area contributed by atoms with E-state index in [0.717, 1.165) is 12.8 Å². The van der Waals surface area contributed by atoms with Crippen LogP contribution in [0.3, 0.4) is 0 Å². The Hall–Kier alpha value is -1.78. The summed E-state index contributed by atoms with van der Waals surface area (Å²) < 4.78 is 6.40. The van der Waals surface area contributed by atoms with E-state index in [1.807, 2.05) is 13.8 Å². The minimum absolute atomic E-state index is 0.0993. The van der Waals surface area contributed by atoms with Crippen molar-refractivity contribution in [2.75, 3.05) is 5.73 Å².